The van der Waals surface area contributed by atoms with Gasteiger partial charge in [0.05, 0.1) is 18.8 Å². The van der Waals surface area contributed by atoms with Crippen molar-refractivity contribution in [1.82, 2.24) is 20.0 Å². The lowest BCUT2D eigenvalue weighted by atomic mass is 10.0. The van der Waals surface area contributed by atoms with E-state index >= 15 is 0 Å². The fourth-order valence-electron chi connectivity index (χ4n) is 5.42. The van der Waals surface area contributed by atoms with Crippen molar-refractivity contribution < 1.29 is 34.1 Å². The quantitative estimate of drug-likeness (QED) is 0.208. The number of hydrogen-bond acceptors (Lipinski definition) is 8. The van der Waals surface area contributed by atoms with Crippen molar-refractivity contribution in [2.75, 3.05) is 25.1 Å². The number of rotatable bonds is 7. The molecule has 1 aliphatic heterocycles. The van der Waals surface area contributed by atoms with Crippen molar-refractivity contribution in [3.05, 3.63) is 95.2 Å². The molecule has 4 N–H and O–H groups in total. The number of nitrogens with zero attached hydrogens (tertiary/aromatic N) is 3. The lowest BCUT2D eigenvalue weighted by molar-refractivity contribution is -0.148. The fourth-order valence-corrected chi connectivity index (χ4v) is 5.42. The van der Waals surface area contributed by atoms with Crippen molar-refractivity contribution in [2.24, 2.45) is 7.05 Å². The maximum absolute atomic E-state index is 14.0. The van der Waals surface area contributed by atoms with Crippen molar-refractivity contribution in [2.45, 2.75) is 51.8 Å². The molecule has 1 aliphatic rings. The lowest BCUT2D eigenvalue weighted by Gasteiger charge is -2.37. The number of hydrogen-bond donors (Lipinski definition) is 4. The van der Waals surface area contributed by atoms with Crippen molar-refractivity contribution >= 4 is 23.6 Å². The van der Waals surface area contributed by atoms with Crippen LogP contribution in [-0.2, 0) is 32.5 Å². The Morgan fingerprint density at radius 3 is 2.46 bits per heavy atom. The number of ether oxygens (including phenoxy) is 2. The minimum absolute atomic E-state index is 0.0244. The summed E-state index contributed by atoms with van der Waals surface area (Å²) in [6.07, 6.45) is 1.13. The summed E-state index contributed by atoms with van der Waals surface area (Å²) < 4.78 is 12.7. The molecular weight excluding hydrogens is 638 g/mol. The zero-order valence-corrected chi connectivity index (χ0v) is 28.7. The molecule has 1 unspecified atom stereocenters. The third kappa shape index (κ3) is 9.21. The molecule has 1 aromatic heterocycles. The summed E-state index contributed by atoms with van der Waals surface area (Å²) in [5.74, 6) is 5.54. The minimum atomic E-state index is -1.05. The van der Waals surface area contributed by atoms with Gasteiger partial charge >= 0.3 is 6.09 Å². The van der Waals surface area contributed by atoms with E-state index in [1.807, 2.05) is 19.1 Å². The molecule has 3 aromatic carbocycles. The smallest absolute Gasteiger partial charge is 0.408 e. The van der Waals surface area contributed by atoms with Gasteiger partial charge in [-0.25, -0.2) is 4.79 Å². The van der Waals surface area contributed by atoms with Crippen molar-refractivity contribution in [3.63, 3.8) is 0 Å². The van der Waals surface area contributed by atoms with Crippen LogP contribution in [0, 0.1) is 18.8 Å². The summed E-state index contributed by atoms with van der Waals surface area (Å²) in [7, 11) is 1.79. The zero-order valence-electron chi connectivity index (χ0n) is 28.7. The highest BCUT2D eigenvalue weighted by molar-refractivity contribution is 5.98. The van der Waals surface area contributed by atoms with Crippen LogP contribution in [0.1, 0.15) is 43.0 Å². The molecule has 1 saturated heterocycles. The van der Waals surface area contributed by atoms with E-state index in [1.165, 1.54) is 17.0 Å². The van der Waals surface area contributed by atoms with Crippen LogP contribution >= 0.6 is 0 Å². The van der Waals surface area contributed by atoms with Crippen LogP contribution < -0.4 is 10.6 Å². The molecular formula is C38H41N5O7. The van der Waals surface area contributed by atoms with E-state index in [0.29, 0.717) is 33.6 Å². The summed E-state index contributed by atoms with van der Waals surface area (Å²) in [5, 5.41) is 30.2. The van der Waals surface area contributed by atoms with Gasteiger partial charge in [0.25, 0.3) is 0 Å². The first kappa shape index (κ1) is 35.5. The molecule has 5 rings (SSSR count). The monoisotopic (exact) mass is 679 g/mol. The maximum atomic E-state index is 14.0. The standard InChI is InChI=1S/C38H41N5O7/c1-24-6-17-33(45)30(20-24)34-27(22-42(5)41-34)12-7-25-8-13-28(14-9-25)39-35(46)32-23-49-19-18-43(32)36(47)31(40-37(48)50-38(2,3)4)21-26-10-15-29(44)16-11-26/h6,8-11,13-17,20,22,31-32,44-45H,18-19,21,23H2,1-5H3,(H,39,46)(H,40,48)/t31-,32?/m0/s1. The maximum Gasteiger partial charge on any atom is 0.408 e. The Hall–Kier alpha value is -5.80. The van der Waals surface area contributed by atoms with Gasteiger partial charge in [-0.3, -0.25) is 14.3 Å². The minimum Gasteiger partial charge on any atom is -0.508 e. The lowest BCUT2D eigenvalue weighted by Crippen LogP contribution is -2.60. The SMILES string of the molecule is Cc1ccc(O)c(-c2nn(C)cc2C#Cc2ccc(NC(=O)C3COCCN3C(=O)[C@H](Cc3ccc(O)cc3)NC(=O)OC(C)(C)C)cc2)c1. The Morgan fingerprint density at radius 2 is 1.76 bits per heavy atom. The van der Waals surface area contributed by atoms with E-state index in [-0.39, 0.29) is 37.7 Å². The van der Waals surface area contributed by atoms with Crippen LogP contribution in [0.25, 0.3) is 11.3 Å². The number of morpholine rings is 1. The first-order valence-electron chi connectivity index (χ1n) is 16.2. The number of phenols is 2. The third-order valence-corrected chi connectivity index (χ3v) is 7.81. The van der Waals surface area contributed by atoms with Gasteiger partial charge in [-0.2, -0.15) is 5.10 Å². The third-order valence-electron chi connectivity index (χ3n) is 7.81. The molecule has 0 saturated carbocycles. The van der Waals surface area contributed by atoms with Crippen LogP contribution in [0.3, 0.4) is 0 Å². The number of alkyl carbamates (subject to hydrolysis) is 1. The number of amides is 3. The Kier molecular flexibility index (Phi) is 10.8. The van der Waals surface area contributed by atoms with Crippen LogP contribution in [0.2, 0.25) is 0 Å². The van der Waals surface area contributed by atoms with E-state index in [1.54, 1.807) is 81.2 Å². The summed E-state index contributed by atoms with van der Waals surface area (Å²) in [5.41, 5.74) is 3.90. The summed E-state index contributed by atoms with van der Waals surface area (Å²) in [6, 6.07) is 16.6. The van der Waals surface area contributed by atoms with Crippen LogP contribution in [0.5, 0.6) is 11.5 Å². The average molecular weight is 680 g/mol. The predicted molar refractivity (Wildman–Crippen MR) is 187 cm³/mol. The largest absolute Gasteiger partial charge is 0.508 e. The average Bonchev–Trinajstić information content (AvgIpc) is 3.44. The topological polar surface area (TPSA) is 155 Å². The van der Waals surface area contributed by atoms with Crippen LogP contribution in [0.15, 0.2) is 72.9 Å². The Balaban J connectivity index is 1.29. The molecule has 12 heteroatoms. The summed E-state index contributed by atoms with van der Waals surface area (Å²) in [6.45, 7) is 7.45. The molecule has 0 aliphatic carbocycles. The molecule has 50 heavy (non-hydrogen) atoms. The molecule has 1 fully saturated rings. The van der Waals surface area contributed by atoms with E-state index in [0.717, 1.165) is 5.56 Å². The van der Waals surface area contributed by atoms with Gasteiger partial charge < -0.3 is 35.2 Å². The van der Waals surface area contributed by atoms with E-state index < -0.39 is 35.6 Å². The number of phenolic OH excluding ortho intramolecular Hbond substituents is 2. The number of aryl methyl sites for hydroxylation is 2. The van der Waals surface area contributed by atoms with E-state index in [4.69, 9.17) is 9.47 Å². The number of anilines is 1. The molecule has 0 radical (unpaired) electrons. The van der Waals surface area contributed by atoms with Crippen LogP contribution in [0.4, 0.5) is 10.5 Å². The zero-order chi connectivity index (χ0) is 36.0. The van der Waals surface area contributed by atoms with E-state index in [2.05, 4.69) is 27.6 Å². The summed E-state index contributed by atoms with van der Waals surface area (Å²) in [4.78, 5) is 41.7. The molecule has 3 amide bonds. The van der Waals surface area contributed by atoms with Gasteiger partial charge in [0, 0.05) is 43.0 Å². The van der Waals surface area contributed by atoms with Crippen molar-refractivity contribution in [3.8, 4) is 34.6 Å². The van der Waals surface area contributed by atoms with Gasteiger partial charge in [0.15, 0.2) is 0 Å². The van der Waals surface area contributed by atoms with Gasteiger partial charge in [-0.1, -0.05) is 35.6 Å². The van der Waals surface area contributed by atoms with Gasteiger partial charge in [0.2, 0.25) is 11.8 Å². The normalized spacial score (nSPS) is 15.0. The summed E-state index contributed by atoms with van der Waals surface area (Å²) >= 11 is 0. The number of nitrogens with one attached hydrogen (secondary N) is 2. The second-order valence-corrected chi connectivity index (χ2v) is 13.1. The highest BCUT2D eigenvalue weighted by Gasteiger charge is 2.37. The number of carbonyl (C=O) groups is 3. The first-order valence-corrected chi connectivity index (χ1v) is 16.2. The van der Waals surface area contributed by atoms with E-state index in [9.17, 15) is 24.6 Å². The number of aromatic hydroxyl groups is 2. The molecule has 260 valence electrons. The van der Waals surface area contributed by atoms with Crippen molar-refractivity contribution in [1.29, 1.82) is 0 Å². The molecule has 2 atom stereocenters. The molecule has 0 spiro atoms. The Morgan fingerprint density at radius 1 is 1.04 bits per heavy atom. The first-order chi connectivity index (χ1) is 23.8. The van der Waals surface area contributed by atoms with Gasteiger partial charge in [-0.15, -0.1) is 0 Å². The predicted octanol–water partition coefficient (Wildman–Crippen LogP) is 4.51. The molecule has 2 heterocycles. The molecule has 4 aromatic rings. The number of benzene rings is 3. The highest BCUT2D eigenvalue weighted by Crippen LogP contribution is 2.31. The molecule has 0 bridgehead atoms. The highest BCUT2D eigenvalue weighted by atomic mass is 16.6. The van der Waals surface area contributed by atoms with Gasteiger partial charge in [0.1, 0.15) is 34.9 Å². The Labute approximate surface area is 291 Å². The second-order valence-electron chi connectivity index (χ2n) is 13.1. The fraction of sp³-hybridized carbons (Fsp3) is 0.316. The van der Waals surface area contributed by atoms with Gasteiger partial charge in [-0.05, 0) is 81.8 Å². The second kappa shape index (κ2) is 15.2. The number of carbonyl (C=O) groups excluding carboxylic acids is 3. The number of aromatic nitrogens is 2. The Bertz CT molecular complexity index is 1920. The molecule has 12 nitrogen and oxygen atoms in total. The van der Waals surface area contributed by atoms with Crippen LogP contribution in [-0.4, -0.2) is 80.2 Å².